The lowest BCUT2D eigenvalue weighted by Crippen LogP contribution is -2.33. The van der Waals surface area contributed by atoms with Crippen LogP contribution in [0.5, 0.6) is 0 Å². The molecule has 1 aromatic carbocycles. The van der Waals surface area contributed by atoms with E-state index >= 15 is 0 Å². The fraction of sp³-hybridized carbons (Fsp3) is 0.409. The third kappa shape index (κ3) is 4.73. The van der Waals surface area contributed by atoms with Crippen molar-refractivity contribution in [3.05, 3.63) is 53.7 Å². The maximum Gasteiger partial charge on any atom is 0.271 e. The maximum atomic E-state index is 13.0. The molecule has 5 heteroatoms. The lowest BCUT2D eigenvalue weighted by Gasteiger charge is -2.25. The first kappa shape index (κ1) is 19.1. The van der Waals surface area contributed by atoms with E-state index in [1.54, 1.807) is 20.2 Å². The Balaban J connectivity index is 1.84. The molecule has 0 N–H and O–H groups in total. The summed E-state index contributed by atoms with van der Waals surface area (Å²) in [5.74, 6) is -0.0519. The number of aromatic nitrogens is 1. The van der Waals surface area contributed by atoms with Gasteiger partial charge >= 0.3 is 0 Å². The second-order valence-corrected chi connectivity index (χ2v) is 7.25. The average molecular weight is 365 g/mol. The quantitative estimate of drug-likeness (QED) is 0.830. The van der Waals surface area contributed by atoms with E-state index in [1.165, 1.54) is 24.2 Å². The van der Waals surface area contributed by atoms with Gasteiger partial charge in [-0.1, -0.05) is 37.5 Å². The van der Waals surface area contributed by atoms with Crippen LogP contribution < -0.4 is 0 Å². The zero-order chi connectivity index (χ0) is 19.2. The summed E-state index contributed by atoms with van der Waals surface area (Å²) < 4.78 is 0. The highest BCUT2D eigenvalue weighted by atomic mass is 16.2. The fourth-order valence-corrected chi connectivity index (χ4v) is 3.39. The number of carbonyl (C=O) groups excluding carboxylic acids is 2. The lowest BCUT2D eigenvalue weighted by atomic mass is 10.0. The summed E-state index contributed by atoms with van der Waals surface area (Å²) in [5, 5.41) is 0. The molecule has 27 heavy (non-hydrogen) atoms. The van der Waals surface area contributed by atoms with Crippen LogP contribution in [-0.4, -0.2) is 53.8 Å². The minimum absolute atomic E-state index is 0.0827. The summed E-state index contributed by atoms with van der Waals surface area (Å²) in [6.45, 7) is 1.66. The topological polar surface area (TPSA) is 53.5 Å². The molecule has 1 saturated heterocycles. The lowest BCUT2D eigenvalue weighted by molar-refractivity contribution is 0.0742. The molecular weight excluding hydrogens is 338 g/mol. The van der Waals surface area contributed by atoms with Crippen molar-refractivity contribution in [1.82, 2.24) is 14.8 Å². The third-order valence-electron chi connectivity index (χ3n) is 4.92. The predicted octanol–water partition coefficient (Wildman–Crippen LogP) is 3.86. The first-order chi connectivity index (χ1) is 13.1. The SMILES string of the molecule is CN(C)C(=O)c1cccc(-c2cccc(C(=O)N3CCCCCCC3)c2)n1. The Kier molecular flexibility index (Phi) is 6.22. The molecule has 2 aromatic rings. The van der Waals surface area contributed by atoms with Crippen LogP contribution in [-0.2, 0) is 0 Å². The van der Waals surface area contributed by atoms with Gasteiger partial charge in [-0.2, -0.15) is 0 Å². The number of hydrogen-bond donors (Lipinski definition) is 0. The Morgan fingerprint density at radius 2 is 1.59 bits per heavy atom. The van der Waals surface area contributed by atoms with Crippen LogP contribution in [0.1, 0.15) is 53.0 Å². The van der Waals surface area contributed by atoms with Crippen molar-refractivity contribution in [3.8, 4) is 11.3 Å². The zero-order valence-electron chi connectivity index (χ0n) is 16.1. The van der Waals surface area contributed by atoms with Gasteiger partial charge in [0.1, 0.15) is 5.69 Å². The highest BCUT2D eigenvalue weighted by Gasteiger charge is 2.17. The van der Waals surface area contributed by atoms with Gasteiger partial charge in [0.2, 0.25) is 0 Å². The van der Waals surface area contributed by atoms with Crippen molar-refractivity contribution in [2.75, 3.05) is 27.2 Å². The Bertz CT molecular complexity index is 809. The Hall–Kier alpha value is -2.69. The van der Waals surface area contributed by atoms with Crippen molar-refractivity contribution in [3.63, 3.8) is 0 Å². The largest absolute Gasteiger partial charge is 0.343 e. The van der Waals surface area contributed by atoms with Gasteiger partial charge < -0.3 is 9.80 Å². The molecule has 1 aromatic heterocycles. The summed E-state index contributed by atoms with van der Waals surface area (Å²) in [6.07, 6.45) is 5.80. The second-order valence-electron chi connectivity index (χ2n) is 7.25. The summed E-state index contributed by atoms with van der Waals surface area (Å²) >= 11 is 0. The van der Waals surface area contributed by atoms with Crippen LogP contribution in [0.2, 0.25) is 0 Å². The number of carbonyl (C=O) groups is 2. The van der Waals surface area contributed by atoms with Gasteiger partial charge in [0, 0.05) is 38.3 Å². The fourth-order valence-electron chi connectivity index (χ4n) is 3.39. The van der Waals surface area contributed by atoms with Crippen LogP contribution in [0, 0.1) is 0 Å². The number of nitrogens with zero attached hydrogens (tertiary/aromatic N) is 3. The minimum Gasteiger partial charge on any atom is -0.343 e. The van der Waals surface area contributed by atoms with Crippen LogP contribution in [0.3, 0.4) is 0 Å². The van der Waals surface area contributed by atoms with E-state index in [9.17, 15) is 9.59 Å². The molecule has 0 spiro atoms. The van der Waals surface area contributed by atoms with Crippen molar-refractivity contribution in [2.45, 2.75) is 32.1 Å². The first-order valence-corrected chi connectivity index (χ1v) is 9.64. The van der Waals surface area contributed by atoms with Gasteiger partial charge in [-0.3, -0.25) is 9.59 Å². The molecule has 142 valence electrons. The van der Waals surface area contributed by atoms with E-state index in [0.717, 1.165) is 31.5 Å². The average Bonchev–Trinajstić information content (AvgIpc) is 2.67. The van der Waals surface area contributed by atoms with Crippen molar-refractivity contribution in [2.24, 2.45) is 0 Å². The monoisotopic (exact) mass is 365 g/mol. The summed E-state index contributed by atoms with van der Waals surface area (Å²) in [4.78, 5) is 33.1. The maximum absolute atomic E-state index is 13.0. The molecule has 3 rings (SSSR count). The first-order valence-electron chi connectivity index (χ1n) is 9.64. The van der Waals surface area contributed by atoms with E-state index in [0.29, 0.717) is 17.0 Å². The summed E-state index contributed by atoms with van der Waals surface area (Å²) in [6, 6.07) is 13.0. The molecule has 0 unspecified atom stereocenters. The van der Waals surface area contributed by atoms with Crippen LogP contribution in [0.25, 0.3) is 11.3 Å². The van der Waals surface area contributed by atoms with E-state index in [-0.39, 0.29) is 11.8 Å². The van der Waals surface area contributed by atoms with Crippen LogP contribution in [0.4, 0.5) is 0 Å². The molecule has 1 aliphatic rings. The smallest absolute Gasteiger partial charge is 0.271 e. The van der Waals surface area contributed by atoms with Gasteiger partial charge in [0.05, 0.1) is 5.69 Å². The Labute approximate surface area is 161 Å². The molecule has 2 heterocycles. The van der Waals surface area contributed by atoms with Crippen molar-refractivity contribution >= 4 is 11.8 Å². The minimum atomic E-state index is -0.135. The van der Waals surface area contributed by atoms with Gasteiger partial charge in [0.15, 0.2) is 0 Å². The normalized spacial score (nSPS) is 15.0. The Morgan fingerprint density at radius 1 is 0.926 bits per heavy atom. The number of pyridine rings is 1. The van der Waals surface area contributed by atoms with E-state index in [1.807, 2.05) is 41.3 Å². The van der Waals surface area contributed by atoms with E-state index < -0.39 is 0 Å². The number of hydrogen-bond acceptors (Lipinski definition) is 3. The highest BCUT2D eigenvalue weighted by Crippen LogP contribution is 2.21. The number of likely N-dealkylation sites (tertiary alicyclic amines) is 1. The predicted molar refractivity (Wildman–Crippen MR) is 107 cm³/mol. The van der Waals surface area contributed by atoms with Crippen LogP contribution in [0.15, 0.2) is 42.5 Å². The molecule has 5 nitrogen and oxygen atoms in total. The summed E-state index contributed by atoms with van der Waals surface area (Å²) in [7, 11) is 3.42. The second kappa shape index (κ2) is 8.80. The molecule has 0 bridgehead atoms. The molecular formula is C22H27N3O2. The van der Waals surface area contributed by atoms with Crippen LogP contribution >= 0.6 is 0 Å². The molecule has 0 saturated carbocycles. The van der Waals surface area contributed by atoms with E-state index in [4.69, 9.17) is 0 Å². The highest BCUT2D eigenvalue weighted by molar-refractivity contribution is 5.96. The molecule has 2 amide bonds. The van der Waals surface area contributed by atoms with Gasteiger partial charge in [-0.25, -0.2) is 4.98 Å². The van der Waals surface area contributed by atoms with E-state index in [2.05, 4.69) is 4.98 Å². The van der Waals surface area contributed by atoms with Crippen molar-refractivity contribution in [1.29, 1.82) is 0 Å². The molecule has 0 radical (unpaired) electrons. The molecule has 0 aliphatic carbocycles. The standard InChI is InChI=1S/C22H27N3O2/c1-24(2)22(27)20-13-9-12-19(23-20)17-10-8-11-18(16-17)21(26)25-14-6-4-3-5-7-15-25/h8-13,16H,3-7,14-15H2,1-2H3. The Morgan fingerprint density at radius 3 is 2.30 bits per heavy atom. The van der Waals surface area contributed by atoms with Gasteiger partial charge in [0.25, 0.3) is 11.8 Å². The summed E-state index contributed by atoms with van der Waals surface area (Å²) in [5.41, 5.74) is 2.63. The number of benzene rings is 1. The zero-order valence-corrected chi connectivity index (χ0v) is 16.1. The molecule has 0 atom stereocenters. The molecule has 1 fully saturated rings. The number of rotatable bonds is 3. The molecule has 1 aliphatic heterocycles. The van der Waals surface area contributed by atoms with Gasteiger partial charge in [-0.15, -0.1) is 0 Å². The van der Waals surface area contributed by atoms with Gasteiger partial charge in [-0.05, 0) is 37.1 Å². The van der Waals surface area contributed by atoms with Crippen molar-refractivity contribution < 1.29 is 9.59 Å². The third-order valence-corrected chi connectivity index (χ3v) is 4.92. The number of amides is 2.